The number of benzene rings is 2. The van der Waals surface area contributed by atoms with E-state index in [0.29, 0.717) is 5.56 Å². The molecule has 0 aliphatic carbocycles. The van der Waals surface area contributed by atoms with Gasteiger partial charge in [0.15, 0.2) is 0 Å². The quantitative estimate of drug-likeness (QED) is 0.775. The van der Waals surface area contributed by atoms with Crippen LogP contribution in [-0.4, -0.2) is 5.91 Å². The van der Waals surface area contributed by atoms with E-state index in [1.165, 1.54) is 0 Å². The first-order valence-electron chi connectivity index (χ1n) is 5.21. The second-order valence-corrected chi connectivity index (χ2v) is 4.73. The fourth-order valence-electron chi connectivity index (χ4n) is 1.85. The van der Waals surface area contributed by atoms with E-state index in [-0.39, 0.29) is 5.91 Å². The van der Waals surface area contributed by atoms with E-state index in [2.05, 4.69) is 26.6 Å². The zero-order valence-electron chi connectivity index (χ0n) is 8.83. The zero-order chi connectivity index (χ0) is 11.8. The molecule has 1 heterocycles. The average Bonchev–Trinajstić information content (AvgIpc) is 2.46. The van der Waals surface area contributed by atoms with Crippen LogP contribution in [0.25, 0.3) is 0 Å². The summed E-state index contributed by atoms with van der Waals surface area (Å²) in [6.45, 7) is 0. The minimum absolute atomic E-state index is 0.0984. The maximum absolute atomic E-state index is 12.0. The second kappa shape index (κ2) is 3.89. The predicted molar refractivity (Wildman–Crippen MR) is 71.8 cm³/mol. The molecule has 4 heteroatoms. The van der Waals surface area contributed by atoms with Gasteiger partial charge in [-0.05, 0) is 30.3 Å². The predicted octanol–water partition coefficient (Wildman–Crippen LogP) is 3.76. The summed E-state index contributed by atoms with van der Waals surface area (Å²) < 4.78 is 0.888. The molecule has 0 unspecified atom stereocenters. The van der Waals surface area contributed by atoms with Crippen LogP contribution in [0.4, 0.5) is 17.1 Å². The molecule has 0 fully saturated rings. The molecule has 3 nitrogen and oxygen atoms in total. The minimum atomic E-state index is -0.0984. The normalized spacial score (nSPS) is 12.9. The standard InChI is InChI=1S/C13H9BrN2O/c14-8-5-6-10-9(7-8)13(17)16-12-4-2-1-3-11(12)15-10/h1-7,15H,(H,16,17). The lowest BCUT2D eigenvalue weighted by molar-refractivity contribution is 0.102. The molecular formula is C13H9BrN2O. The zero-order valence-corrected chi connectivity index (χ0v) is 10.4. The van der Waals surface area contributed by atoms with E-state index in [1.54, 1.807) is 0 Å². The first kappa shape index (κ1) is 10.4. The summed E-state index contributed by atoms with van der Waals surface area (Å²) in [7, 11) is 0. The third-order valence-electron chi connectivity index (χ3n) is 2.67. The Balaban J connectivity index is 2.17. The summed E-state index contributed by atoms with van der Waals surface area (Å²) in [5.74, 6) is -0.0984. The van der Waals surface area contributed by atoms with E-state index in [9.17, 15) is 4.79 Å². The lowest BCUT2D eigenvalue weighted by Gasteiger charge is -2.07. The van der Waals surface area contributed by atoms with Crippen molar-refractivity contribution in [2.75, 3.05) is 10.6 Å². The highest BCUT2D eigenvalue weighted by atomic mass is 79.9. The Labute approximate surface area is 107 Å². The Kier molecular flexibility index (Phi) is 2.37. The largest absolute Gasteiger partial charge is 0.353 e. The number of hydrogen-bond acceptors (Lipinski definition) is 2. The van der Waals surface area contributed by atoms with Gasteiger partial charge in [0.2, 0.25) is 0 Å². The average molecular weight is 289 g/mol. The Bertz CT molecular complexity index is 610. The van der Waals surface area contributed by atoms with Gasteiger partial charge >= 0.3 is 0 Å². The molecule has 1 aliphatic rings. The molecule has 3 rings (SSSR count). The van der Waals surface area contributed by atoms with Crippen LogP contribution in [0.2, 0.25) is 0 Å². The molecule has 2 aromatic carbocycles. The molecule has 2 aromatic rings. The van der Waals surface area contributed by atoms with Gasteiger partial charge in [-0.15, -0.1) is 0 Å². The Morgan fingerprint density at radius 3 is 2.35 bits per heavy atom. The Morgan fingerprint density at radius 1 is 0.882 bits per heavy atom. The van der Waals surface area contributed by atoms with Gasteiger partial charge in [-0.3, -0.25) is 4.79 Å². The van der Waals surface area contributed by atoms with Gasteiger partial charge in [0.1, 0.15) is 0 Å². The molecule has 0 spiro atoms. The van der Waals surface area contributed by atoms with Gasteiger partial charge < -0.3 is 10.6 Å². The van der Waals surface area contributed by atoms with E-state index in [4.69, 9.17) is 0 Å². The van der Waals surface area contributed by atoms with E-state index in [1.807, 2.05) is 42.5 Å². The van der Waals surface area contributed by atoms with Crippen LogP contribution in [0.5, 0.6) is 0 Å². The van der Waals surface area contributed by atoms with Crippen LogP contribution in [0.3, 0.4) is 0 Å². The minimum Gasteiger partial charge on any atom is -0.353 e. The lowest BCUT2D eigenvalue weighted by Crippen LogP contribution is -2.10. The first-order chi connectivity index (χ1) is 8.24. The summed E-state index contributed by atoms with van der Waals surface area (Å²) in [5.41, 5.74) is 3.15. The number of fused-ring (bicyclic) bond motifs is 2. The van der Waals surface area contributed by atoms with Gasteiger partial charge in [0.05, 0.1) is 22.6 Å². The van der Waals surface area contributed by atoms with Crippen LogP contribution in [-0.2, 0) is 0 Å². The maximum Gasteiger partial charge on any atom is 0.257 e. The van der Waals surface area contributed by atoms with Crippen molar-refractivity contribution in [3.8, 4) is 0 Å². The summed E-state index contributed by atoms with van der Waals surface area (Å²) >= 11 is 3.37. The van der Waals surface area contributed by atoms with E-state index < -0.39 is 0 Å². The third kappa shape index (κ3) is 1.80. The van der Waals surface area contributed by atoms with Crippen molar-refractivity contribution in [2.24, 2.45) is 0 Å². The first-order valence-corrected chi connectivity index (χ1v) is 6.00. The molecule has 1 aliphatic heterocycles. The van der Waals surface area contributed by atoms with Crippen LogP contribution in [0.1, 0.15) is 10.4 Å². The molecule has 17 heavy (non-hydrogen) atoms. The van der Waals surface area contributed by atoms with Crippen LogP contribution in [0, 0.1) is 0 Å². The fourth-order valence-corrected chi connectivity index (χ4v) is 2.21. The molecule has 1 amide bonds. The molecule has 0 saturated heterocycles. The highest BCUT2D eigenvalue weighted by Gasteiger charge is 2.18. The number of carbonyl (C=O) groups is 1. The second-order valence-electron chi connectivity index (χ2n) is 3.81. The summed E-state index contributed by atoms with van der Waals surface area (Å²) in [6.07, 6.45) is 0. The number of para-hydroxylation sites is 2. The lowest BCUT2D eigenvalue weighted by atomic mass is 10.1. The molecule has 2 N–H and O–H groups in total. The number of anilines is 3. The fraction of sp³-hybridized carbons (Fsp3) is 0. The molecule has 0 bridgehead atoms. The summed E-state index contributed by atoms with van der Waals surface area (Å²) in [5, 5.41) is 6.14. The molecule has 0 aromatic heterocycles. The monoisotopic (exact) mass is 288 g/mol. The van der Waals surface area contributed by atoms with E-state index in [0.717, 1.165) is 21.5 Å². The Morgan fingerprint density at radius 2 is 1.59 bits per heavy atom. The molecule has 0 atom stereocenters. The Hall–Kier alpha value is -1.81. The summed E-state index contributed by atoms with van der Waals surface area (Å²) in [6, 6.07) is 13.3. The van der Waals surface area contributed by atoms with E-state index >= 15 is 0 Å². The number of nitrogens with one attached hydrogen (secondary N) is 2. The molecule has 84 valence electrons. The van der Waals surface area contributed by atoms with Gasteiger partial charge in [0.25, 0.3) is 5.91 Å². The third-order valence-corrected chi connectivity index (χ3v) is 3.16. The van der Waals surface area contributed by atoms with Crippen LogP contribution in [0.15, 0.2) is 46.9 Å². The number of hydrogen-bond donors (Lipinski definition) is 2. The SMILES string of the molecule is O=C1Nc2ccccc2Nc2ccc(Br)cc21. The number of rotatable bonds is 0. The van der Waals surface area contributed by atoms with Crippen molar-refractivity contribution in [1.82, 2.24) is 0 Å². The van der Waals surface area contributed by atoms with Crippen molar-refractivity contribution in [3.05, 3.63) is 52.5 Å². The van der Waals surface area contributed by atoms with Gasteiger partial charge in [-0.2, -0.15) is 0 Å². The topological polar surface area (TPSA) is 41.1 Å². The van der Waals surface area contributed by atoms with Gasteiger partial charge in [-0.25, -0.2) is 0 Å². The van der Waals surface area contributed by atoms with Gasteiger partial charge in [-0.1, -0.05) is 28.1 Å². The number of halogens is 1. The van der Waals surface area contributed by atoms with Gasteiger partial charge in [0, 0.05) is 4.47 Å². The number of carbonyl (C=O) groups excluding carboxylic acids is 1. The molecule has 0 radical (unpaired) electrons. The highest BCUT2D eigenvalue weighted by molar-refractivity contribution is 9.10. The van der Waals surface area contributed by atoms with Crippen molar-refractivity contribution >= 4 is 38.9 Å². The highest BCUT2D eigenvalue weighted by Crippen LogP contribution is 2.32. The maximum atomic E-state index is 12.0. The molecule has 0 saturated carbocycles. The van der Waals surface area contributed by atoms with Crippen molar-refractivity contribution in [2.45, 2.75) is 0 Å². The smallest absolute Gasteiger partial charge is 0.257 e. The van der Waals surface area contributed by atoms with Crippen LogP contribution >= 0.6 is 15.9 Å². The number of amides is 1. The summed E-state index contributed by atoms with van der Waals surface area (Å²) in [4.78, 5) is 12.0. The van der Waals surface area contributed by atoms with Crippen molar-refractivity contribution in [3.63, 3.8) is 0 Å². The van der Waals surface area contributed by atoms with Crippen molar-refractivity contribution in [1.29, 1.82) is 0 Å². The molecular weight excluding hydrogens is 280 g/mol. The van der Waals surface area contributed by atoms with Crippen molar-refractivity contribution < 1.29 is 4.79 Å². The van der Waals surface area contributed by atoms with Crippen LogP contribution < -0.4 is 10.6 Å².